The maximum absolute atomic E-state index is 11.7. The molecule has 7 nitrogen and oxygen atoms in total. The molecule has 0 fully saturated rings. The lowest BCUT2D eigenvalue weighted by Crippen LogP contribution is -2.15. The second-order valence-electron chi connectivity index (χ2n) is 3.18. The van der Waals surface area contributed by atoms with Gasteiger partial charge in [-0.3, -0.25) is 4.79 Å². The van der Waals surface area contributed by atoms with Crippen molar-refractivity contribution < 1.29 is 4.79 Å². The van der Waals surface area contributed by atoms with Crippen LogP contribution in [0.4, 0.5) is 11.6 Å². The molecule has 0 saturated heterocycles. The van der Waals surface area contributed by atoms with E-state index in [-0.39, 0.29) is 11.5 Å². The van der Waals surface area contributed by atoms with Gasteiger partial charge < -0.3 is 11.1 Å². The molecule has 1 amide bonds. The minimum atomic E-state index is -0.440. The van der Waals surface area contributed by atoms with Crippen LogP contribution >= 0.6 is 0 Å². The number of nitrogen functional groups attached to an aromatic ring is 1. The lowest BCUT2D eigenvalue weighted by atomic mass is 10.3. The molecule has 2 rings (SSSR count). The number of aryl methyl sites for hydroxylation is 1. The minimum Gasteiger partial charge on any atom is -0.380 e. The van der Waals surface area contributed by atoms with Crippen LogP contribution in [0.5, 0.6) is 0 Å². The van der Waals surface area contributed by atoms with Crippen LogP contribution in [0.3, 0.4) is 0 Å². The molecule has 0 aliphatic rings. The molecule has 0 aliphatic heterocycles. The monoisotopic (exact) mass is 218 g/mol. The number of carbonyl (C=O) groups excluding carboxylic acids is 1. The predicted octanol–water partition coefficient (Wildman–Crippen LogP) is 0.343. The van der Waals surface area contributed by atoms with Gasteiger partial charge in [-0.1, -0.05) is 6.07 Å². The Labute approximate surface area is 91.1 Å². The first-order chi connectivity index (χ1) is 7.66. The molecule has 0 aromatic carbocycles. The normalized spacial score (nSPS) is 10.1. The molecule has 0 aliphatic carbocycles. The van der Waals surface area contributed by atoms with Gasteiger partial charge in [0.2, 0.25) is 0 Å². The van der Waals surface area contributed by atoms with Gasteiger partial charge in [-0.25, -0.2) is 4.98 Å². The molecule has 0 saturated carbocycles. The average Bonchev–Trinajstić information content (AvgIpc) is 2.64. The van der Waals surface area contributed by atoms with Crippen molar-refractivity contribution in [2.45, 2.75) is 6.92 Å². The SMILES string of the molecule is Cc1cccc(NC(=O)c2n[nH]nc2N)n1. The van der Waals surface area contributed by atoms with E-state index in [0.717, 1.165) is 5.69 Å². The van der Waals surface area contributed by atoms with Gasteiger partial charge in [-0.15, -0.1) is 10.2 Å². The second kappa shape index (κ2) is 3.97. The van der Waals surface area contributed by atoms with Crippen LogP contribution in [0.1, 0.15) is 16.2 Å². The van der Waals surface area contributed by atoms with Crippen LogP contribution in [-0.4, -0.2) is 26.3 Å². The Bertz CT molecular complexity index is 520. The Kier molecular flexibility index (Phi) is 2.50. The summed E-state index contributed by atoms with van der Waals surface area (Å²) in [7, 11) is 0. The van der Waals surface area contributed by atoms with Crippen molar-refractivity contribution >= 4 is 17.5 Å². The summed E-state index contributed by atoms with van der Waals surface area (Å²) in [6.07, 6.45) is 0. The van der Waals surface area contributed by atoms with Crippen LogP contribution in [0.2, 0.25) is 0 Å². The number of nitrogens with two attached hydrogens (primary N) is 1. The largest absolute Gasteiger partial charge is 0.380 e. The van der Waals surface area contributed by atoms with Gasteiger partial charge >= 0.3 is 0 Å². The van der Waals surface area contributed by atoms with E-state index >= 15 is 0 Å². The van der Waals surface area contributed by atoms with Gasteiger partial charge in [0.1, 0.15) is 5.82 Å². The van der Waals surface area contributed by atoms with Gasteiger partial charge in [0.05, 0.1) is 0 Å². The van der Waals surface area contributed by atoms with Crippen molar-refractivity contribution in [3.63, 3.8) is 0 Å². The Morgan fingerprint density at radius 1 is 1.44 bits per heavy atom. The summed E-state index contributed by atoms with van der Waals surface area (Å²) in [4.78, 5) is 15.8. The fraction of sp³-hybridized carbons (Fsp3) is 0.111. The first kappa shape index (κ1) is 10.1. The highest BCUT2D eigenvalue weighted by molar-refractivity contribution is 6.05. The number of hydrogen-bond donors (Lipinski definition) is 3. The number of H-pyrrole nitrogens is 1. The molecule has 16 heavy (non-hydrogen) atoms. The fourth-order valence-corrected chi connectivity index (χ4v) is 1.19. The van der Waals surface area contributed by atoms with E-state index in [1.807, 2.05) is 13.0 Å². The molecular weight excluding hydrogens is 208 g/mol. The summed E-state index contributed by atoms with van der Waals surface area (Å²) >= 11 is 0. The molecule has 7 heteroatoms. The Morgan fingerprint density at radius 2 is 2.25 bits per heavy atom. The van der Waals surface area contributed by atoms with Gasteiger partial charge in [0.25, 0.3) is 5.91 Å². The number of anilines is 2. The Morgan fingerprint density at radius 3 is 2.88 bits per heavy atom. The Balaban J connectivity index is 2.17. The molecule has 0 atom stereocenters. The number of hydrogen-bond acceptors (Lipinski definition) is 5. The zero-order chi connectivity index (χ0) is 11.5. The van der Waals surface area contributed by atoms with E-state index in [9.17, 15) is 4.79 Å². The number of rotatable bonds is 2. The Hall–Kier alpha value is -2.44. The van der Waals surface area contributed by atoms with E-state index in [0.29, 0.717) is 5.82 Å². The summed E-state index contributed by atoms with van der Waals surface area (Å²) in [6, 6.07) is 5.31. The zero-order valence-corrected chi connectivity index (χ0v) is 8.56. The van der Waals surface area contributed by atoms with Gasteiger partial charge in [0.15, 0.2) is 11.5 Å². The molecule has 2 aromatic heterocycles. The topological polar surface area (TPSA) is 110 Å². The van der Waals surface area contributed by atoms with E-state index in [4.69, 9.17) is 5.73 Å². The lowest BCUT2D eigenvalue weighted by Gasteiger charge is -2.02. The van der Waals surface area contributed by atoms with Gasteiger partial charge in [0, 0.05) is 5.69 Å². The number of amides is 1. The van der Waals surface area contributed by atoms with E-state index in [1.165, 1.54) is 0 Å². The third-order valence-electron chi connectivity index (χ3n) is 1.92. The standard InChI is InChI=1S/C9H10N6O/c1-5-3-2-4-6(11-5)12-9(16)7-8(10)14-15-13-7/h2-4H,1H3,(H,11,12,16)(H3,10,13,14,15). The highest BCUT2D eigenvalue weighted by Crippen LogP contribution is 2.08. The number of nitrogens with one attached hydrogen (secondary N) is 2. The molecule has 4 N–H and O–H groups in total. The summed E-state index contributed by atoms with van der Waals surface area (Å²) in [5, 5.41) is 12.0. The lowest BCUT2D eigenvalue weighted by molar-refractivity contribution is 0.102. The maximum Gasteiger partial charge on any atom is 0.281 e. The first-order valence-electron chi connectivity index (χ1n) is 4.58. The van der Waals surface area contributed by atoms with Crippen molar-refractivity contribution in [2.24, 2.45) is 0 Å². The second-order valence-corrected chi connectivity index (χ2v) is 3.18. The highest BCUT2D eigenvalue weighted by atomic mass is 16.2. The van der Waals surface area contributed by atoms with Crippen molar-refractivity contribution in [1.29, 1.82) is 0 Å². The summed E-state index contributed by atoms with van der Waals surface area (Å²) < 4.78 is 0. The van der Waals surface area contributed by atoms with Crippen LogP contribution in [0.15, 0.2) is 18.2 Å². The minimum absolute atomic E-state index is 0.0586. The molecule has 0 unspecified atom stereocenters. The van der Waals surface area contributed by atoms with E-state index in [2.05, 4.69) is 25.7 Å². The smallest absolute Gasteiger partial charge is 0.281 e. The van der Waals surface area contributed by atoms with Crippen molar-refractivity contribution in [3.05, 3.63) is 29.6 Å². The third kappa shape index (κ3) is 1.97. The molecule has 0 bridgehead atoms. The predicted molar refractivity (Wildman–Crippen MR) is 57.7 cm³/mol. The summed E-state index contributed by atoms with van der Waals surface area (Å²) in [6.45, 7) is 1.83. The quantitative estimate of drug-likeness (QED) is 0.673. The summed E-state index contributed by atoms with van der Waals surface area (Å²) in [5.41, 5.74) is 6.31. The van der Waals surface area contributed by atoms with Crippen LogP contribution in [0.25, 0.3) is 0 Å². The highest BCUT2D eigenvalue weighted by Gasteiger charge is 2.14. The van der Waals surface area contributed by atoms with Crippen LogP contribution in [-0.2, 0) is 0 Å². The number of pyridine rings is 1. The van der Waals surface area contributed by atoms with Gasteiger partial charge in [-0.05, 0) is 19.1 Å². The number of aromatic nitrogens is 4. The van der Waals surface area contributed by atoms with Crippen molar-refractivity contribution in [3.8, 4) is 0 Å². The van der Waals surface area contributed by atoms with Crippen molar-refractivity contribution in [1.82, 2.24) is 20.4 Å². The fourth-order valence-electron chi connectivity index (χ4n) is 1.19. The van der Waals surface area contributed by atoms with Crippen LogP contribution < -0.4 is 11.1 Å². The first-order valence-corrected chi connectivity index (χ1v) is 4.58. The number of carbonyl (C=O) groups is 1. The molecule has 82 valence electrons. The van der Waals surface area contributed by atoms with E-state index < -0.39 is 5.91 Å². The molecular formula is C9H10N6O. The molecule has 0 spiro atoms. The third-order valence-corrected chi connectivity index (χ3v) is 1.92. The van der Waals surface area contributed by atoms with Crippen LogP contribution in [0, 0.1) is 6.92 Å². The number of nitrogens with zero attached hydrogens (tertiary/aromatic N) is 3. The molecule has 2 heterocycles. The summed E-state index contributed by atoms with van der Waals surface area (Å²) in [5.74, 6) is 0.0712. The van der Waals surface area contributed by atoms with Gasteiger partial charge in [-0.2, -0.15) is 5.21 Å². The zero-order valence-electron chi connectivity index (χ0n) is 8.56. The average molecular weight is 218 g/mol. The number of aromatic amines is 1. The molecule has 2 aromatic rings. The van der Waals surface area contributed by atoms with Crippen molar-refractivity contribution in [2.75, 3.05) is 11.1 Å². The maximum atomic E-state index is 11.7. The molecule has 0 radical (unpaired) electrons. The van der Waals surface area contributed by atoms with E-state index in [1.54, 1.807) is 12.1 Å².